The van der Waals surface area contributed by atoms with Gasteiger partial charge in [0.05, 0.1) is 19.4 Å². The summed E-state index contributed by atoms with van der Waals surface area (Å²) in [6.07, 6.45) is 1.02. The number of benzene rings is 2. The van der Waals surface area contributed by atoms with Gasteiger partial charge in [-0.1, -0.05) is 18.2 Å². The molecule has 0 amide bonds. The number of hydrogen-bond acceptors (Lipinski definition) is 5. The third kappa shape index (κ3) is 4.79. The van der Waals surface area contributed by atoms with Crippen LogP contribution in [-0.2, 0) is 0 Å². The van der Waals surface area contributed by atoms with E-state index in [1.54, 1.807) is 7.11 Å². The van der Waals surface area contributed by atoms with Crippen LogP contribution in [0, 0.1) is 0 Å². The van der Waals surface area contributed by atoms with Gasteiger partial charge in [0.25, 0.3) is 0 Å². The molecule has 1 aliphatic rings. The highest BCUT2D eigenvalue weighted by atomic mass is 16.5. The first-order valence-corrected chi connectivity index (χ1v) is 8.85. The number of nitrogens with zero attached hydrogens (tertiary/aromatic N) is 2. The first-order valence-electron chi connectivity index (χ1n) is 8.85. The largest absolute Gasteiger partial charge is 0.495 e. The Bertz CT molecular complexity index is 669. The van der Waals surface area contributed by atoms with Crippen molar-refractivity contribution in [2.24, 2.45) is 0 Å². The molecule has 0 spiro atoms. The van der Waals surface area contributed by atoms with Crippen LogP contribution in [0.25, 0.3) is 0 Å². The summed E-state index contributed by atoms with van der Waals surface area (Å²) in [5.74, 6) is 1.80. The summed E-state index contributed by atoms with van der Waals surface area (Å²) in [6, 6.07) is 15.8. The molecule has 1 aliphatic heterocycles. The van der Waals surface area contributed by atoms with Crippen LogP contribution in [0.1, 0.15) is 6.42 Å². The van der Waals surface area contributed by atoms with E-state index in [1.165, 1.54) is 5.69 Å². The summed E-state index contributed by atoms with van der Waals surface area (Å²) in [5.41, 5.74) is 7.69. The highest BCUT2D eigenvalue weighted by molar-refractivity contribution is 5.58. The fraction of sp³-hybridized carbons (Fsp3) is 0.400. The number of nitrogens with two attached hydrogens (primary N) is 1. The van der Waals surface area contributed by atoms with Crippen molar-refractivity contribution in [2.75, 3.05) is 57.1 Å². The van der Waals surface area contributed by atoms with Crippen LogP contribution in [0.2, 0.25) is 0 Å². The van der Waals surface area contributed by atoms with E-state index < -0.39 is 0 Å². The van der Waals surface area contributed by atoms with Crippen molar-refractivity contribution >= 4 is 11.4 Å². The van der Waals surface area contributed by atoms with Gasteiger partial charge in [-0.3, -0.25) is 4.90 Å². The zero-order valence-electron chi connectivity index (χ0n) is 14.9. The zero-order valence-corrected chi connectivity index (χ0v) is 14.9. The Kier molecular flexibility index (Phi) is 6.01. The Morgan fingerprint density at radius 3 is 2.56 bits per heavy atom. The van der Waals surface area contributed by atoms with E-state index in [0.29, 0.717) is 0 Å². The minimum atomic E-state index is 0.718. The zero-order chi connectivity index (χ0) is 17.5. The molecule has 1 heterocycles. The molecule has 0 unspecified atom stereocenters. The smallest absolute Gasteiger partial charge is 0.142 e. The number of piperazine rings is 1. The number of rotatable bonds is 7. The molecule has 25 heavy (non-hydrogen) atoms. The lowest BCUT2D eigenvalue weighted by Gasteiger charge is -2.36. The molecule has 2 N–H and O–H groups in total. The van der Waals surface area contributed by atoms with Crippen LogP contribution in [0.3, 0.4) is 0 Å². The highest BCUT2D eigenvalue weighted by Crippen LogP contribution is 2.28. The lowest BCUT2D eigenvalue weighted by atomic mass is 10.2. The Morgan fingerprint density at radius 1 is 1.00 bits per heavy atom. The third-order valence-electron chi connectivity index (χ3n) is 4.54. The standard InChI is InChI=1S/C20H27N3O2/c1-24-20-9-3-2-8-19(20)23-13-11-22(12-14-23)10-5-15-25-18-7-4-6-17(21)16-18/h2-4,6-9,16H,5,10-15,21H2,1H3. The van der Waals surface area contributed by atoms with Crippen LogP contribution in [0.5, 0.6) is 11.5 Å². The van der Waals surface area contributed by atoms with Crippen molar-refractivity contribution in [1.29, 1.82) is 0 Å². The van der Waals surface area contributed by atoms with Gasteiger partial charge in [-0.05, 0) is 30.7 Å². The quantitative estimate of drug-likeness (QED) is 0.620. The molecule has 0 aliphatic carbocycles. The molecule has 1 fully saturated rings. The molecule has 0 atom stereocenters. The highest BCUT2D eigenvalue weighted by Gasteiger charge is 2.19. The summed E-state index contributed by atoms with van der Waals surface area (Å²) in [4.78, 5) is 4.90. The van der Waals surface area contributed by atoms with Crippen molar-refractivity contribution in [3.8, 4) is 11.5 Å². The Hall–Kier alpha value is -2.40. The van der Waals surface area contributed by atoms with Gasteiger partial charge in [0.1, 0.15) is 11.5 Å². The second kappa shape index (κ2) is 8.62. The Morgan fingerprint density at radius 2 is 1.80 bits per heavy atom. The topological polar surface area (TPSA) is 51.0 Å². The van der Waals surface area contributed by atoms with Crippen molar-refractivity contribution in [3.05, 3.63) is 48.5 Å². The number of para-hydroxylation sites is 2. The minimum absolute atomic E-state index is 0.718. The predicted molar refractivity (Wildman–Crippen MR) is 103 cm³/mol. The van der Waals surface area contributed by atoms with Crippen molar-refractivity contribution < 1.29 is 9.47 Å². The summed E-state index contributed by atoms with van der Waals surface area (Å²) in [7, 11) is 1.73. The van der Waals surface area contributed by atoms with Gasteiger partial charge < -0.3 is 20.1 Å². The number of anilines is 2. The second-order valence-electron chi connectivity index (χ2n) is 6.28. The fourth-order valence-electron chi connectivity index (χ4n) is 3.19. The lowest BCUT2D eigenvalue weighted by Crippen LogP contribution is -2.46. The average Bonchev–Trinajstić information content (AvgIpc) is 2.66. The molecule has 3 rings (SSSR count). The predicted octanol–water partition coefficient (Wildman–Crippen LogP) is 2.87. The van der Waals surface area contributed by atoms with Crippen molar-refractivity contribution in [3.63, 3.8) is 0 Å². The molecular weight excluding hydrogens is 314 g/mol. The van der Waals surface area contributed by atoms with E-state index in [1.807, 2.05) is 36.4 Å². The van der Waals surface area contributed by atoms with Crippen LogP contribution in [0.4, 0.5) is 11.4 Å². The number of ether oxygens (including phenoxy) is 2. The third-order valence-corrected chi connectivity index (χ3v) is 4.54. The molecule has 5 heteroatoms. The molecule has 0 radical (unpaired) electrons. The molecule has 2 aromatic rings. The van der Waals surface area contributed by atoms with Crippen LogP contribution in [0.15, 0.2) is 48.5 Å². The average molecular weight is 341 g/mol. The summed E-state index contributed by atoms with van der Waals surface area (Å²) < 4.78 is 11.2. The van der Waals surface area contributed by atoms with Crippen molar-refractivity contribution in [1.82, 2.24) is 4.90 Å². The second-order valence-corrected chi connectivity index (χ2v) is 6.28. The summed E-state index contributed by atoms with van der Waals surface area (Å²) in [6.45, 7) is 5.96. The molecular formula is C20H27N3O2. The monoisotopic (exact) mass is 341 g/mol. The molecule has 0 saturated carbocycles. The van der Waals surface area contributed by atoms with E-state index in [2.05, 4.69) is 21.9 Å². The molecule has 134 valence electrons. The van der Waals surface area contributed by atoms with Gasteiger partial charge in [-0.2, -0.15) is 0 Å². The minimum Gasteiger partial charge on any atom is -0.495 e. The van der Waals surface area contributed by atoms with Gasteiger partial charge in [0.15, 0.2) is 0 Å². The SMILES string of the molecule is COc1ccccc1N1CCN(CCCOc2cccc(N)c2)CC1. The number of methoxy groups -OCH3 is 1. The summed E-state index contributed by atoms with van der Waals surface area (Å²) in [5, 5.41) is 0. The fourth-order valence-corrected chi connectivity index (χ4v) is 3.19. The van der Waals surface area contributed by atoms with Gasteiger partial charge >= 0.3 is 0 Å². The van der Waals surface area contributed by atoms with Gasteiger partial charge in [-0.25, -0.2) is 0 Å². The van der Waals surface area contributed by atoms with Crippen LogP contribution >= 0.6 is 0 Å². The van der Waals surface area contributed by atoms with E-state index in [9.17, 15) is 0 Å². The molecule has 1 saturated heterocycles. The number of nitrogen functional groups attached to an aromatic ring is 1. The first kappa shape index (κ1) is 17.4. The lowest BCUT2D eigenvalue weighted by molar-refractivity contribution is 0.224. The maximum Gasteiger partial charge on any atom is 0.142 e. The summed E-state index contributed by atoms with van der Waals surface area (Å²) >= 11 is 0. The number of hydrogen-bond donors (Lipinski definition) is 1. The van der Waals surface area contributed by atoms with Crippen LogP contribution < -0.4 is 20.1 Å². The van der Waals surface area contributed by atoms with E-state index in [-0.39, 0.29) is 0 Å². The molecule has 0 bridgehead atoms. The van der Waals surface area contributed by atoms with E-state index >= 15 is 0 Å². The maximum atomic E-state index is 5.76. The maximum absolute atomic E-state index is 5.76. The molecule has 5 nitrogen and oxygen atoms in total. The molecule has 0 aromatic heterocycles. The van der Waals surface area contributed by atoms with Crippen molar-refractivity contribution in [2.45, 2.75) is 6.42 Å². The van der Waals surface area contributed by atoms with Gasteiger partial charge in [0, 0.05) is 44.5 Å². The van der Waals surface area contributed by atoms with E-state index in [0.717, 1.165) is 62.9 Å². The van der Waals surface area contributed by atoms with E-state index in [4.69, 9.17) is 15.2 Å². The Balaban J connectivity index is 1.39. The Labute approximate surface area is 149 Å². The van der Waals surface area contributed by atoms with Gasteiger partial charge in [-0.15, -0.1) is 0 Å². The van der Waals surface area contributed by atoms with Gasteiger partial charge in [0.2, 0.25) is 0 Å². The first-order chi connectivity index (χ1) is 12.3. The molecule has 2 aromatic carbocycles. The van der Waals surface area contributed by atoms with Crippen LogP contribution in [-0.4, -0.2) is 51.3 Å². The normalized spacial score (nSPS) is 15.2.